The van der Waals surface area contributed by atoms with E-state index in [1.54, 1.807) is 6.20 Å². The van der Waals surface area contributed by atoms with Gasteiger partial charge in [-0.2, -0.15) is 0 Å². The van der Waals surface area contributed by atoms with E-state index in [0.717, 1.165) is 29.0 Å². The molecule has 1 unspecified atom stereocenters. The molecule has 0 saturated carbocycles. The highest BCUT2D eigenvalue weighted by Gasteiger charge is 2.16. The zero-order chi connectivity index (χ0) is 18.4. The molecule has 1 aliphatic rings. The van der Waals surface area contributed by atoms with Gasteiger partial charge in [0.05, 0.1) is 25.8 Å². The molecule has 3 rings (SSSR count). The maximum Gasteiger partial charge on any atom is 0.234 e. The molecule has 0 fully saturated rings. The quantitative estimate of drug-likeness (QED) is 0.863. The van der Waals surface area contributed by atoms with Crippen molar-refractivity contribution in [1.29, 1.82) is 0 Å². The van der Waals surface area contributed by atoms with Crippen molar-refractivity contribution in [3.05, 3.63) is 53.9 Å². The Balaban J connectivity index is 1.54. The van der Waals surface area contributed by atoms with Crippen LogP contribution in [0.3, 0.4) is 0 Å². The van der Waals surface area contributed by atoms with Crippen LogP contribution in [0.25, 0.3) is 0 Å². The predicted octanol–water partition coefficient (Wildman–Crippen LogP) is 2.55. The van der Waals surface area contributed by atoms with Gasteiger partial charge in [0.15, 0.2) is 11.5 Å². The molecule has 26 heavy (non-hydrogen) atoms. The maximum absolute atomic E-state index is 12.3. The first-order valence-electron chi connectivity index (χ1n) is 8.88. The van der Waals surface area contributed by atoms with Gasteiger partial charge in [-0.3, -0.25) is 14.7 Å². The van der Waals surface area contributed by atoms with Gasteiger partial charge in [-0.05, 0) is 43.3 Å². The summed E-state index contributed by atoms with van der Waals surface area (Å²) in [6.07, 6.45) is 4.43. The van der Waals surface area contributed by atoms with Crippen LogP contribution in [-0.4, -0.2) is 42.6 Å². The molecule has 1 aliphatic heterocycles. The number of amides is 1. The monoisotopic (exact) mass is 355 g/mol. The van der Waals surface area contributed by atoms with Gasteiger partial charge in [0, 0.05) is 25.4 Å². The van der Waals surface area contributed by atoms with Crippen LogP contribution in [0.5, 0.6) is 11.5 Å². The first-order valence-corrected chi connectivity index (χ1v) is 8.88. The average molecular weight is 355 g/mol. The van der Waals surface area contributed by atoms with E-state index in [2.05, 4.69) is 10.3 Å². The lowest BCUT2D eigenvalue weighted by Gasteiger charge is -2.20. The fourth-order valence-corrected chi connectivity index (χ4v) is 2.92. The number of nitrogens with zero attached hydrogens (tertiary/aromatic N) is 2. The summed E-state index contributed by atoms with van der Waals surface area (Å²) in [5.41, 5.74) is 2.08. The van der Waals surface area contributed by atoms with Crippen molar-refractivity contribution in [1.82, 2.24) is 15.2 Å². The molecule has 1 N–H and O–H groups in total. The van der Waals surface area contributed by atoms with Gasteiger partial charge in [0.2, 0.25) is 5.91 Å². The first-order chi connectivity index (χ1) is 12.6. The van der Waals surface area contributed by atoms with Crippen LogP contribution in [0.2, 0.25) is 0 Å². The summed E-state index contributed by atoms with van der Waals surface area (Å²) in [5.74, 6) is 1.49. The van der Waals surface area contributed by atoms with E-state index in [4.69, 9.17) is 9.47 Å². The first kappa shape index (κ1) is 18.2. The highest BCUT2D eigenvalue weighted by molar-refractivity contribution is 5.78. The molecule has 0 aliphatic carbocycles. The van der Waals surface area contributed by atoms with Crippen molar-refractivity contribution in [3.8, 4) is 11.5 Å². The summed E-state index contributed by atoms with van der Waals surface area (Å²) in [7, 11) is 1.92. The van der Waals surface area contributed by atoms with Crippen LogP contribution < -0.4 is 14.8 Å². The zero-order valence-corrected chi connectivity index (χ0v) is 15.3. The van der Waals surface area contributed by atoms with E-state index in [1.807, 2.05) is 55.4 Å². The Morgan fingerprint density at radius 2 is 2.08 bits per heavy atom. The van der Waals surface area contributed by atoms with E-state index in [1.165, 1.54) is 0 Å². The maximum atomic E-state index is 12.3. The number of pyridine rings is 1. The summed E-state index contributed by atoms with van der Waals surface area (Å²) in [5, 5.41) is 3.04. The number of likely N-dealkylation sites (N-methyl/N-ethyl adjacent to an activating group) is 1. The Hall–Kier alpha value is -2.60. The van der Waals surface area contributed by atoms with E-state index in [-0.39, 0.29) is 11.9 Å². The van der Waals surface area contributed by atoms with Crippen molar-refractivity contribution in [2.24, 2.45) is 0 Å². The van der Waals surface area contributed by atoms with Crippen molar-refractivity contribution in [3.63, 3.8) is 0 Å². The molecule has 0 saturated heterocycles. The third-order valence-corrected chi connectivity index (χ3v) is 4.24. The molecule has 2 heterocycles. The number of rotatable bonds is 6. The smallest absolute Gasteiger partial charge is 0.234 e. The van der Waals surface area contributed by atoms with Crippen molar-refractivity contribution < 1.29 is 14.3 Å². The summed E-state index contributed by atoms with van der Waals surface area (Å²) in [6, 6.07) is 9.62. The van der Waals surface area contributed by atoms with Crippen LogP contribution in [0.4, 0.5) is 0 Å². The summed E-state index contributed by atoms with van der Waals surface area (Å²) in [6.45, 7) is 4.29. The molecule has 2 aromatic rings. The van der Waals surface area contributed by atoms with E-state index >= 15 is 0 Å². The topological polar surface area (TPSA) is 63.7 Å². The molecule has 6 heteroatoms. The molecule has 1 aromatic heterocycles. The number of carbonyl (C=O) groups excluding carboxylic acids is 1. The number of benzene rings is 1. The summed E-state index contributed by atoms with van der Waals surface area (Å²) >= 11 is 0. The highest BCUT2D eigenvalue weighted by Crippen LogP contribution is 2.32. The molecular formula is C20H25N3O3. The number of nitrogens with one attached hydrogen (secondary N) is 1. The second-order valence-corrected chi connectivity index (χ2v) is 6.58. The van der Waals surface area contributed by atoms with E-state index in [0.29, 0.717) is 26.3 Å². The minimum absolute atomic E-state index is 0.0176. The molecule has 1 amide bonds. The third kappa shape index (κ3) is 4.95. The van der Waals surface area contributed by atoms with Gasteiger partial charge < -0.3 is 14.8 Å². The number of hydrogen-bond donors (Lipinski definition) is 1. The Bertz CT molecular complexity index is 736. The standard InChI is InChI=1S/C20H25N3O3/c1-15(17-6-7-18-19(11-17)26-10-4-9-25-18)22-20(24)14-23(2)13-16-5-3-8-21-12-16/h3,5-8,11-12,15H,4,9-10,13-14H2,1-2H3,(H,22,24). The lowest BCUT2D eigenvalue weighted by atomic mass is 10.1. The van der Waals surface area contributed by atoms with Gasteiger partial charge in [0.1, 0.15) is 0 Å². The molecular weight excluding hydrogens is 330 g/mol. The number of ether oxygens (including phenoxy) is 2. The summed E-state index contributed by atoms with van der Waals surface area (Å²) < 4.78 is 11.4. The normalized spacial score (nSPS) is 14.6. The highest BCUT2D eigenvalue weighted by atomic mass is 16.5. The summed E-state index contributed by atoms with van der Waals surface area (Å²) in [4.78, 5) is 18.4. The minimum atomic E-state index is -0.105. The Labute approximate surface area is 154 Å². The Morgan fingerprint density at radius 3 is 2.85 bits per heavy atom. The zero-order valence-electron chi connectivity index (χ0n) is 15.3. The minimum Gasteiger partial charge on any atom is -0.490 e. The predicted molar refractivity (Wildman–Crippen MR) is 99.2 cm³/mol. The van der Waals surface area contributed by atoms with Gasteiger partial charge in [-0.1, -0.05) is 12.1 Å². The number of aromatic nitrogens is 1. The lowest BCUT2D eigenvalue weighted by Crippen LogP contribution is -2.36. The SMILES string of the molecule is CC(NC(=O)CN(C)Cc1cccnc1)c1ccc2c(c1)OCCCO2. The van der Waals surface area contributed by atoms with Crippen LogP contribution in [0, 0.1) is 0 Å². The second kappa shape index (κ2) is 8.67. The van der Waals surface area contributed by atoms with Gasteiger partial charge in [-0.15, -0.1) is 0 Å². The van der Waals surface area contributed by atoms with Crippen LogP contribution in [-0.2, 0) is 11.3 Å². The number of fused-ring (bicyclic) bond motifs is 1. The second-order valence-electron chi connectivity index (χ2n) is 6.58. The largest absolute Gasteiger partial charge is 0.490 e. The van der Waals surface area contributed by atoms with Gasteiger partial charge >= 0.3 is 0 Å². The number of hydrogen-bond acceptors (Lipinski definition) is 5. The average Bonchev–Trinajstić information content (AvgIpc) is 2.86. The van der Waals surface area contributed by atoms with Crippen LogP contribution >= 0.6 is 0 Å². The molecule has 0 spiro atoms. The van der Waals surface area contributed by atoms with Gasteiger partial charge in [0.25, 0.3) is 0 Å². The van der Waals surface area contributed by atoms with Crippen molar-refractivity contribution >= 4 is 5.91 Å². The molecule has 6 nitrogen and oxygen atoms in total. The fourth-order valence-electron chi connectivity index (χ4n) is 2.92. The third-order valence-electron chi connectivity index (χ3n) is 4.24. The Morgan fingerprint density at radius 1 is 1.27 bits per heavy atom. The molecule has 138 valence electrons. The molecule has 0 radical (unpaired) electrons. The van der Waals surface area contributed by atoms with E-state index < -0.39 is 0 Å². The lowest BCUT2D eigenvalue weighted by molar-refractivity contribution is -0.122. The number of carbonyl (C=O) groups is 1. The fraction of sp³-hybridized carbons (Fsp3) is 0.400. The molecule has 1 aromatic carbocycles. The van der Waals surface area contributed by atoms with Crippen molar-refractivity contribution in [2.45, 2.75) is 25.9 Å². The van der Waals surface area contributed by atoms with Crippen LogP contribution in [0.15, 0.2) is 42.7 Å². The van der Waals surface area contributed by atoms with Crippen LogP contribution in [0.1, 0.15) is 30.5 Å². The van der Waals surface area contributed by atoms with Gasteiger partial charge in [-0.25, -0.2) is 0 Å². The van der Waals surface area contributed by atoms with Crippen molar-refractivity contribution in [2.75, 3.05) is 26.8 Å². The molecule has 0 bridgehead atoms. The molecule has 1 atom stereocenters. The Kier molecular flexibility index (Phi) is 6.07. The van der Waals surface area contributed by atoms with E-state index in [9.17, 15) is 4.79 Å².